The Morgan fingerprint density at radius 3 is 1.48 bits per heavy atom. The van der Waals surface area contributed by atoms with E-state index in [4.69, 9.17) is 14.8 Å². The number of nitrogens with two attached hydrogens (primary N) is 1. The molecule has 0 fully saturated rings. The van der Waals surface area contributed by atoms with Crippen molar-refractivity contribution in [2.75, 3.05) is 19.8 Å². The summed E-state index contributed by atoms with van der Waals surface area (Å²) in [4.78, 5) is 22.8. The van der Waals surface area contributed by atoms with E-state index >= 15 is 0 Å². The molecule has 0 bridgehead atoms. The third-order valence-electron chi connectivity index (χ3n) is 10.6. The number of nitrogens with one attached hydrogen (secondary N) is 1. The predicted molar refractivity (Wildman–Crippen MR) is 237 cm³/mol. The van der Waals surface area contributed by atoms with Gasteiger partial charge in [0.15, 0.2) is 0 Å². The Labute approximate surface area is 345 Å². The highest BCUT2D eigenvalue weighted by Gasteiger charge is 2.27. The number of allylic oxidation sites excluding steroid dienone is 3. The van der Waals surface area contributed by atoms with Crippen LogP contribution in [-0.4, -0.2) is 59.0 Å². The molecule has 56 heavy (non-hydrogen) atoms. The third kappa shape index (κ3) is 39.8. The van der Waals surface area contributed by atoms with Crippen LogP contribution in [0.25, 0.3) is 0 Å². The summed E-state index contributed by atoms with van der Waals surface area (Å²) in [6.45, 7) is 3.97. The van der Waals surface area contributed by atoms with Gasteiger partial charge in [0, 0.05) is 6.54 Å². The standard InChI is InChI=1S/C46H91N2O7P/c1-3-5-7-9-11-13-15-17-19-21-22-24-26-28-30-32-34-36-38-45(50)44(42-55-56(52,53)54-40-39-47)48-46(51)41-43(49)37-35-33-31-29-27-25-23-20-18-16-14-12-10-8-6-4-2/h28,30,36,38,43-45,49-50H,3-27,29,31-35,37,39-42,47H2,1-2H3,(H,48,51)(H,52,53)/b30-28+,38-36+. The van der Waals surface area contributed by atoms with Gasteiger partial charge in [-0.15, -0.1) is 0 Å². The number of amides is 1. The molecule has 0 radical (unpaired) electrons. The first-order valence-electron chi connectivity index (χ1n) is 23.5. The SMILES string of the molecule is CCCCCCCCCCCCCC/C=C/CC/C=C/C(O)C(COP(=O)(O)OCCN)NC(=O)CC(O)CCCCCCCCCCCCCCCCCC. The fourth-order valence-electron chi connectivity index (χ4n) is 7.02. The molecule has 0 spiro atoms. The number of phosphoric acid groups is 1. The zero-order chi connectivity index (χ0) is 41.2. The lowest BCUT2D eigenvalue weighted by Gasteiger charge is -2.24. The van der Waals surface area contributed by atoms with Crippen LogP contribution in [0.5, 0.6) is 0 Å². The molecule has 6 N–H and O–H groups in total. The topological polar surface area (TPSA) is 151 Å². The van der Waals surface area contributed by atoms with E-state index in [0.29, 0.717) is 12.8 Å². The largest absolute Gasteiger partial charge is 0.472 e. The van der Waals surface area contributed by atoms with Gasteiger partial charge in [0.25, 0.3) is 0 Å². The highest BCUT2D eigenvalue weighted by molar-refractivity contribution is 7.47. The molecule has 0 saturated heterocycles. The van der Waals surface area contributed by atoms with Gasteiger partial charge in [-0.3, -0.25) is 13.8 Å². The summed E-state index contributed by atoms with van der Waals surface area (Å²) < 4.78 is 22.1. The molecule has 0 saturated carbocycles. The number of phosphoric ester groups is 1. The minimum Gasteiger partial charge on any atom is -0.393 e. The van der Waals surface area contributed by atoms with Crippen molar-refractivity contribution < 1.29 is 33.5 Å². The Kier molecular flexibility index (Phi) is 41.3. The molecule has 0 aromatic rings. The van der Waals surface area contributed by atoms with E-state index in [1.54, 1.807) is 6.08 Å². The van der Waals surface area contributed by atoms with Gasteiger partial charge < -0.3 is 26.2 Å². The summed E-state index contributed by atoms with van der Waals surface area (Å²) in [6.07, 6.45) is 45.5. The van der Waals surface area contributed by atoms with E-state index in [1.807, 2.05) is 6.08 Å². The first kappa shape index (κ1) is 54.9. The summed E-state index contributed by atoms with van der Waals surface area (Å²) in [7, 11) is -4.41. The van der Waals surface area contributed by atoms with Crippen LogP contribution in [-0.2, 0) is 18.4 Å². The Morgan fingerprint density at radius 2 is 1.02 bits per heavy atom. The summed E-state index contributed by atoms with van der Waals surface area (Å²) in [5.41, 5.74) is 5.37. The number of carbonyl (C=O) groups excluding carboxylic acids is 1. The summed E-state index contributed by atoms with van der Waals surface area (Å²) in [5, 5.41) is 24.1. The first-order chi connectivity index (χ1) is 27.3. The predicted octanol–water partition coefficient (Wildman–Crippen LogP) is 12.3. The zero-order valence-electron chi connectivity index (χ0n) is 36.5. The molecule has 9 nitrogen and oxygen atoms in total. The van der Waals surface area contributed by atoms with Crippen LogP contribution in [0.1, 0.15) is 226 Å². The zero-order valence-corrected chi connectivity index (χ0v) is 37.4. The fraction of sp³-hybridized carbons (Fsp3) is 0.891. The molecule has 0 heterocycles. The van der Waals surface area contributed by atoms with Crippen molar-refractivity contribution in [3.8, 4) is 0 Å². The maximum Gasteiger partial charge on any atom is 0.472 e. The molecule has 1 amide bonds. The smallest absolute Gasteiger partial charge is 0.393 e. The highest BCUT2D eigenvalue weighted by Crippen LogP contribution is 2.43. The normalized spacial score (nSPS) is 14.8. The van der Waals surface area contributed by atoms with Gasteiger partial charge >= 0.3 is 7.82 Å². The molecule has 4 unspecified atom stereocenters. The van der Waals surface area contributed by atoms with Crippen molar-refractivity contribution in [1.29, 1.82) is 0 Å². The van der Waals surface area contributed by atoms with E-state index in [9.17, 15) is 24.5 Å². The van der Waals surface area contributed by atoms with E-state index in [0.717, 1.165) is 32.1 Å². The lowest BCUT2D eigenvalue weighted by atomic mass is 10.0. The minimum atomic E-state index is -4.41. The molecule has 4 atom stereocenters. The van der Waals surface area contributed by atoms with Gasteiger partial charge in [0.1, 0.15) is 0 Å². The van der Waals surface area contributed by atoms with Gasteiger partial charge in [0.2, 0.25) is 5.91 Å². The average molecular weight is 815 g/mol. The molecule has 0 aromatic heterocycles. The molecule has 10 heteroatoms. The van der Waals surface area contributed by atoms with Crippen LogP contribution in [0.15, 0.2) is 24.3 Å². The average Bonchev–Trinajstić information content (AvgIpc) is 3.17. The van der Waals surface area contributed by atoms with Crippen LogP contribution >= 0.6 is 7.82 Å². The second kappa shape index (κ2) is 42.1. The number of carbonyl (C=O) groups is 1. The Hall–Kier alpha value is -1.06. The molecule has 332 valence electrons. The molecule has 0 aromatic carbocycles. The van der Waals surface area contributed by atoms with Gasteiger partial charge in [-0.1, -0.05) is 212 Å². The quantitative estimate of drug-likeness (QED) is 0.0232. The number of hydrogen-bond acceptors (Lipinski definition) is 7. The van der Waals surface area contributed by atoms with Crippen molar-refractivity contribution >= 4 is 13.7 Å². The summed E-state index contributed by atoms with van der Waals surface area (Å²) >= 11 is 0. The van der Waals surface area contributed by atoms with Crippen molar-refractivity contribution in [3.63, 3.8) is 0 Å². The highest BCUT2D eigenvalue weighted by atomic mass is 31.2. The minimum absolute atomic E-state index is 0.0462. The van der Waals surface area contributed by atoms with Crippen molar-refractivity contribution in [2.24, 2.45) is 5.73 Å². The van der Waals surface area contributed by atoms with Gasteiger partial charge in [-0.2, -0.15) is 0 Å². The van der Waals surface area contributed by atoms with E-state index in [2.05, 4.69) is 31.3 Å². The number of aliphatic hydroxyl groups excluding tert-OH is 2. The van der Waals surface area contributed by atoms with Crippen LogP contribution in [0.2, 0.25) is 0 Å². The van der Waals surface area contributed by atoms with E-state index < -0.39 is 38.6 Å². The van der Waals surface area contributed by atoms with Gasteiger partial charge in [-0.05, 0) is 32.1 Å². The molecule has 0 aliphatic rings. The second-order valence-electron chi connectivity index (χ2n) is 16.2. The van der Waals surface area contributed by atoms with Crippen LogP contribution < -0.4 is 11.1 Å². The molecule has 0 aliphatic heterocycles. The molecule has 0 rings (SSSR count). The number of rotatable bonds is 44. The van der Waals surface area contributed by atoms with Crippen molar-refractivity contribution in [2.45, 2.75) is 244 Å². The lowest BCUT2D eigenvalue weighted by molar-refractivity contribution is -0.124. The van der Waals surface area contributed by atoms with Crippen LogP contribution in [0.4, 0.5) is 0 Å². The number of unbranched alkanes of at least 4 members (excludes halogenated alkanes) is 28. The van der Waals surface area contributed by atoms with E-state index in [1.165, 1.54) is 161 Å². The number of hydrogen-bond donors (Lipinski definition) is 5. The fourth-order valence-corrected chi connectivity index (χ4v) is 7.78. The van der Waals surface area contributed by atoms with Crippen LogP contribution in [0.3, 0.4) is 0 Å². The lowest BCUT2D eigenvalue weighted by Crippen LogP contribution is -2.46. The van der Waals surface area contributed by atoms with Crippen molar-refractivity contribution in [3.05, 3.63) is 24.3 Å². The monoisotopic (exact) mass is 815 g/mol. The summed E-state index contributed by atoms with van der Waals surface area (Å²) in [5.74, 6) is -0.452. The first-order valence-corrected chi connectivity index (χ1v) is 25.0. The number of aliphatic hydroxyl groups is 2. The summed E-state index contributed by atoms with van der Waals surface area (Å²) in [6, 6.07) is -0.996. The Morgan fingerprint density at radius 1 is 0.607 bits per heavy atom. The third-order valence-corrected chi connectivity index (χ3v) is 11.6. The maximum absolute atomic E-state index is 12.8. The van der Waals surface area contributed by atoms with Crippen molar-refractivity contribution in [1.82, 2.24) is 5.32 Å². The molecular formula is C46H91N2O7P. The Balaban J connectivity index is 4.30. The van der Waals surface area contributed by atoms with Crippen LogP contribution in [0, 0.1) is 0 Å². The van der Waals surface area contributed by atoms with Gasteiger partial charge in [0.05, 0.1) is 37.9 Å². The van der Waals surface area contributed by atoms with E-state index in [-0.39, 0.29) is 19.6 Å². The molecular weight excluding hydrogens is 723 g/mol. The maximum atomic E-state index is 12.8. The second-order valence-corrected chi connectivity index (χ2v) is 17.6. The van der Waals surface area contributed by atoms with Gasteiger partial charge in [-0.25, -0.2) is 4.57 Å². The Bertz CT molecular complexity index is 950. The molecule has 0 aliphatic carbocycles.